The Bertz CT molecular complexity index is 410. The van der Waals surface area contributed by atoms with Gasteiger partial charge >= 0.3 is 0 Å². The number of aryl methyl sites for hydroxylation is 2. The molecule has 2 N–H and O–H groups in total. The molecule has 0 radical (unpaired) electrons. The first kappa shape index (κ1) is 11.0. The van der Waals surface area contributed by atoms with E-state index in [0.717, 1.165) is 36.6 Å². The number of hydrogen-bond acceptors (Lipinski definition) is 3. The standard InChI is InChI=1S/C11H18N4O/c1-4-6-8-11(16)13-9-7(3)14-15(5-2)10(9)12-8/h8,12H,4-6H2,1-3H3,(H,13,16). The van der Waals surface area contributed by atoms with Crippen LogP contribution >= 0.6 is 0 Å². The molecule has 5 nitrogen and oxygen atoms in total. The number of carbonyl (C=O) groups excluding carboxylic acids is 1. The summed E-state index contributed by atoms with van der Waals surface area (Å²) < 4.78 is 1.90. The number of hydrogen-bond donors (Lipinski definition) is 2. The average Bonchev–Trinajstić information content (AvgIpc) is 2.57. The molecule has 1 atom stereocenters. The molecule has 1 aliphatic rings. The van der Waals surface area contributed by atoms with Crippen molar-refractivity contribution >= 4 is 17.4 Å². The van der Waals surface area contributed by atoms with E-state index in [9.17, 15) is 4.79 Å². The number of anilines is 2. The predicted octanol–water partition coefficient (Wildman–Crippen LogP) is 1.74. The minimum Gasteiger partial charge on any atom is -0.357 e. The maximum absolute atomic E-state index is 11.8. The van der Waals surface area contributed by atoms with Crippen molar-refractivity contribution in [2.75, 3.05) is 10.6 Å². The van der Waals surface area contributed by atoms with Crippen LogP contribution < -0.4 is 10.6 Å². The van der Waals surface area contributed by atoms with E-state index in [2.05, 4.69) is 22.7 Å². The summed E-state index contributed by atoms with van der Waals surface area (Å²) in [4.78, 5) is 11.8. The molecule has 0 aromatic carbocycles. The van der Waals surface area contributed by atoms with Gasteiger partial charge in [-0.3, -0.25) is 4.79 Å². The zero-order valence-electron chi connectivity index (χ0n) is 10.0. The Morgan fingerprint density at radius 3 is 2.81 bits per heavy atom. The van der Waals surface area contributed by atoms with Gasteiger partial charge in [0.05, 0.1) is 5.69 Å². The molecule has 0 aliphatic carbocycles. The number of amides is 1. The first-order valence-electron chi connectivity index (χ1n) is 5.82. The molecule has 1 amide bonds. The molecular formula is C11H18N4O. The van der Waals surface area contributed by atoms with E-state index in [4.69, 9.17) is 0 Å². The van der Waals surface area contributed by atoms with Crippen LogP contribution in [0.1, 0.15) is 32.4 Å². The second-order valence-electron chi connectivity index (χ2n) is 4.10. The third kappa shape index (κ3) is 1.66. The van der Waals surface area contributed by atoms with E-state index in [1.807, 2.05) is 18.5 Å². The number of aromatic nitrogens is 2. The summed E-state index contributed by atoms with van der Waals surface area (Å²) >= 11 is 0. The molecule has 0 saturated carbocycles. The lowest BCUT2D eigenvalue weighted by atomic mass is 10.1. The van der Waals surface area contributed by atoms with E-state index in [1.54, 1.807) is 0 Å². The number of carbonyl (C=O) groups is 1. The zero-order chi connectivity index (χ0) is 11.7. The SMILES string of the molecule is CCCC1Nc2c(c(C)nn2CC)NC1=O. The third-order valence-corrected chi connectivity index (χ3v) is 2.88. The molecular weight excluding hydrogens is 204 g/mol. The van der Waals surface area contributed by atoms with Crippen LogP contribution in [-0.4, -0.2) is 21.7 Å². The second kappa shape index (κ2) is 4.15. The summed E-state index contributed by atoms with van der Waals surface area (Å²) in [6.07, 6.45) is 1.83. The van der Waals surface area contributed by atoms with Crippen LogP contribution in [0.25, 0.3) is 0 Å². The van der Waals surface area contributed by atoms with E-state index < -0.39 is 0 Å². The van der Waals surface area contributed by atoms with Gasteiger partial charge in [0.2, 0.25) is 5.91 Å². The van der Waals surface area contributed by atoms with Gasteiger partial charge in [0.15, 0.2) is 0 Å². The number of rotatable bonds is 3. The summed E-state index contributed by atoms with van der Waals surface area (Å²) in [5.41, 5.74) is 1.70. The fourth-order valence-corrected chi connectivity index (χ4v) is 2.04. The van der Waals surface area contributed by atoms with Crippen molar-refractivity contribution in [3.63, 3.8) is 0 Å². The average molecular weight is 222 g/mol. The highest BCUT2D eigenvalue weighted by Crippen LogP contribution is 2.30. The van der Waals surface area contributed by atoms with E-state index in [-0.39, 0.29) is 11.9 Å². The molecule has 2 rings (SSSR count). The monoisotopic (exact) mass is 222 g/mol. The van der Waals surface area contributed by atoms with Crippen molar-refractivity contribution in [2.24, 2.45) is 0 Å². The molecule has 88 valence electrons. The van der Waals surface area contributed by atoms with Gasteiger partial charge in [-0.15, -0.1) is 0 Å². The highest BCUT2D eigenvalue weighted by atomic mass is 16.2. The first-order chi connectivity index (χ1) is 7.67. The normalized spacial score (nSPS) is 18.9. The molecule has 1 unspecified atom stereocenters. The highest BCUT2D eigenvalue weighted by molar-refractivity contribution is 6.02. The summed E-state index contributed by atoms with van der Waals surface area (Å²) in [5, 5.41) is 10.6. The molecule has 16 heavy (non-hydrogen) atoms. The van der Waals surface area contributed by atoms with Gasteiger partial charge in [-0.25, -0.2) is 4.68 Å². The van der Waals surface area contributed by atoms with Gasteiger partial charge < -0.3 is 10.6 Å². The fourth-order valence-electron chi connectivity index (χ4n) is 2.04. The molecule has 0 fully saturated rings. The van der Waals surface area contributed by atoms with Crippen molar-refractivity contribution < 1.29 is 4.79 Å². The Hall–Kier alpha value is -1.52. The molecule has 1 aromatic heterocycles. The molecule has 0 bridgehead atoms. The molecule has 1 aliphatic heterocycles. The fraction of sp³-hybridized carbons (Fsp3) is 0.636. The van der Waals surface area contributed by atoms with E-state index in [1.165, 1.54) is 0 Å². The van der Waals surface area contributed by atoms with Crippen molar-refractivity contribution in [1.82, 2.24) is 9.78 Å². The number of nitrogens with one attached hydrogen (secondary N) is 2. The van der Waals surface area contributed by atoms with Crippen LogP contribution in [0, 0.1) is 6.92 Å². The smallest absolute Gasteiger partial charge is 0.247 e. The maximum atomic E-state index is 11.8. The minimum atomic E-state index is -0.126. The van der Waals surface area contributed by atoms with Gasteiger partial charge in [-0.05, 0) is 20.3 Å². The van der Waals surface area contributed by atoms with Crippen molar-refractivity contribution in [1.29, 1.82) is 0 Å². The second-order valence-corrected chi connectivity index (χ2v) is 4.10. The first-order valence-corrected chi connectivity index (χ1v) is 5.82. The lowest BCUT2D eigenvalue weighted by molar-refractivity contribution is -0.117. The third-order valence-electron chi connectivity index (χ3n) is 2.88. The zero-order valence-corrected chi connectivity index (χ0v) is 10.0. The molecule has 2 heterocycles. The molecule has 1 aromatic rings. The number of nitrogens with zero attached hydrogens (tertiary/aromatic N) is 2. The van der Waals surface area contributed by atoms with Crippen LogP contribution in [-0.2, 0) is 11.3 Å². The summed E-state index contributed by atoms with van der Waals surface area (Å²) in [6.45, 7) is 6.83. The summed E-state index contributed by atoms with van der Waals surface area (Å²) in [7, 11) is 0. The predicted molar refractivity (Wildman–Crippen MR) is 63.6 cm³/mol. The van der Waals surface area contributed by atoms with Crippen LogP contribution in [0.5, 0.6) is 0 Å². The maximum Gasteiger partial charge on any atom is 0.247 e. The molecule has 0 spiro atoms. The minimum absolute atomic E-state index is 0.0492. The van der Waals surface area contributed by atoms with Crippen LogP contribution in [0.15, 0.2) is 0 Å². The van der Waals surface area contributed by atoms with Crippen molar-refractivity contribution in [2.45, 2.75) is 46.2 Å². The lowest BCUT2D eigenvalue weighted by Crippen LogP contribution is -2.39. The van der Waals surface area contributed by atoms with Gasteiger partial charge in [0.25, 0.3) is 0 Å². The summed E-state index contributed by atoms with van der Waals surface area (Å²) in [6, 6.07) is -0.126. The Morgan fingerprint density at radius 1 is 1.44 bits per heavy atom. The molecule has 5 heteroatoms. The van der Waals surface area contributed by atoms with E-state index >= 15 is 0 Å². The summed E-state index contributed by atoms with van der Waals surface area (Å²) in [5.74, 6) is 0.992. The van der Waals surface area contributed by atoms with Crippen LogP contribution in [0.4, 0.5) is 11.5 Å². The van der Waals surface area contributed by atoms with Gasteiger partial charge in [-0.1, -0.05) is 13.3 Å². The Balaban J connectivity index is 2.33. The largest absolute Gasteiger partial charge is 0.357 e. The van der Waals surface area contributed by atoms with Gasteiger partial charge in [0, 0.05) is 6.54 Å². The van der Waals surface area contributed by atoms with Gasteiger partial charge in [-0.2, -0.15) is 5.10 Å². The Kier molecular flexibility index (Phi) is 2.85. The van der Waals surface area contributed by atoms with E-state index in [0.29, 0.717) is 0 Å². The molecule has 0 saturated heterocycles. The van der Waals surface area contributed by atoms with Crippen LogP contribution in [0.2, 0.25) is 0 Å². The number of fused-ring (bicyclic) bond motifs is 1. The quantitative estimate of drug-likeness (QED) is 0.819. The van der Waals surface area contributed by atoms with Crippen molar-refractivity contribution in [3.05, 3.63) is 5.69 Å². The Labute approximate surface area is 95.2 Å². The highest BCUT2D eigenvalue weighted by Gasteiger charge is 2.28. The topological polar surface area (TPSA) is 59.0 Å². The van der Waals surface area contributed by atoms with Crippen LogP contribution in [0.3, 0.4) is 0 Å². The Morgan fingerprint density at radius 2 is 2.19 bits per heavy atom. The van der Waals surface area contributed by atoms with Crippen molar-refractivity contribution in [3.8, 4) is 0 Å². The lowest BCUT2D eigenvalue weighted by Gasteiger charge is -2.25. The van der Waals surface area contributed by atoms with Gasteiger partial charge in [0.1, 0.15) is 17.5 Å².